The Morgan fingerprint density at radius 3 is 2.44 bits per heavy atom. The molecule has 2 aliphatic rings. The number of aromatic nitrogens is 2. The minimum atomic E-state index is -1.10. The Labute approximate surface area is 240 Å². The number of hydrogen-bond acceptors (Lipinski definition) is 7. The van der Waals surface area contributed by atoms with Gasteiger partial charge in [0.15, 0.2) is 0 Å². The average molecular weight is 561 g/mol. The van der Waals surface area contributed by atoms with E-state index in [0.29, 0.717) is 55.5 Å². The third-order valence-corrected chi connectivity index (χ3v) is 8.43. The number of carbonyl (C=O) groups is 2. The van der Waals surface area contributed by atoms with E-state index < -0.39 is 5.60 Å². The third kappa shape index (κ3) is 7.19. The topological polar surface area (TPSA) is 111 Å². The van der Waals surface area contributed by atoms with Gasteiger partial charge in [0.1, 0.15) is 0 Å². The van der Waals surface area contributed by atoms with Crippen LogP contribution in [0.2, 0.25) is 0 Å². The first-order chi connectivity index (χ1) is 19.7. The van der Waals surface area contributed by atoms with Gasteiger partial charge in [0.2, 0.25) is 11.8 Å². The van der Waals surface area contributed by atoms with E-state index in [1.54, 1.807) is 18.2 Å². The van der Waals surface area contributed by atoms with E-state index in [2.05, 4.69) is 34.1 Å². The first-order valence-electron chi connectivity index (χ1n) is 14.4. The van der Waals surface area contributed by atoms with Crippen molar-refractivity contribution in [1.82, 2.24) is 24.3 Å². The second-order valence-electron chi connectivity index (χ2n) is 11.7. The number of nitrogens with zero attached hydrogens (tertiary/aromatic N) is 5. The summed E-state index contributed by atoms with van der Waals surface area (Å²) < 4.78 is 1.45. The summed E-state index contributed by atoms with van der Waals surface area (Å²) in [4.78, 5) is 49.3. The van der Waals surface area contributed by atoms with Gasteiger partial charge in [0.05, 0.1) is 35.9 Å². The molecule has 2 N–H and O–H groups in total. The van der Waals surface area contributed by atoms with Crippen molar-refractivity contribution >= 4 is 28.4 Å². The molecule has 10 nitrogen and oxygen atoms in total. The van der Waals surface area contributed by atoms with Crippen LogP contribution in [0, 0.1) is 0 Å². The summed E-state index contributed by atoms with van der Waals surface area (Å²) in [6.07, 6.45) is 2.66. The molecule has 10 heteroatoms. The number of aliphatic hydroxyl groups is 1. The molecule has 1 atom stereocenters. The zero-order chi connectivity index (χ0) is 29.0. The van der Waals surface area contributed by atoms with Gasteiger partial charge < -0.3 is 20.2 Å². The average Bonchev–Trinajstić information content (AvgIpc) is 2.96. The monoisotopic (exact) mass is 560 g/mol. The summed E-state index contributed by atoms with van der Waals surface area (Å²) in [5.74, 6) is 0.112. The molecule has 41 heavy (non-hydrogen) atoms. The molecule has 2 saturated heterocycles. The van der Waals surface area contributed by atoms with Crippen molar-refractivity contribution in [2.45, 2.75) is 44.2 Å². The number of benzene rings is 2. The molecule has 0 radical (unpaired) electrons. The number of likely N-dealkylation sites (tertiary alicyclic amines) is 1. The summed E-state index contributed by atoms with van der Waals surface area (Å²) >= 11 is 0. The number of nitrogens with one attached hydrogen (secondary N) is 1. The van der Waals surface area contributed by atoms with E-state index >= 15 is 0 Å². The number of amides is 2. The highest BCUT2D eigenvalue weighted by atomic mass is 16.3. The third-order valence-electron chi connectivity index (χ3n) is 8.43. The Kier molecular flexibility index (Phi) is 8.82. The first-order valence-corrected chi connectivity index (χ1v) is 14.4. The Hall–Kier alpha value is -3.60. The van der Waals surface area contributed by atoms with Gasteiger partial charge >= 0.3 is 0 Å². The summed E-state index contributed by atoms with van der Waals surface area (Å²) in [6.45, 7) is 6.99. The lowest BCUT2D eigenvalue weighted by atomic mass is 9.90. The van der Waals surface area contributed by atoms with Crippen LogP contribution >= 0.6 is 0 Å². The lowest BCUT2D eigenvalue weighted by Gasteiger charge is -2.38. The molecule has 2 aromatic carbocycles. The highest BCUT2D eigenvalue weighted by Gasteiger charge is 2.35. The Balaban J connectivity index is 1.16. The largest absolute Gasteiger partial charge is 0.388 e. The molecule has 0 saturated carbocycles. The fourth-order valence-corrected chi connectivity index (χ4v) is 5.70. The molecule has 218 valence electrons. The number of carbonyl (C=O) groups excluding carboxylic acids is 2. The predicted molar refractivity (Wildman–Crippen MR) is 159 cm³/mol. The van der Waals surface area contributed by atoms with E-state index in [1.165, 1.54) is 10.9 Å². The molecular weight excluding hydrogens is 520 g/mol. The summed E-state index contributed by atoms with van der Waals surface area (Å²) in [7, 11) is 2.08. The smallest absolute Gasteiger partial charge is 0.261 e. The molecule has 0 bridgehead atoms. The zero-order valence-electron chi connectivity index (χ0n) is 24.0. The molecule has 3 aromatic rings. The van der Waals surface area contributed by atoms with Crippen LogP contribution in [-0.4, -0.2) is 99.6 Å². The number of piperazine rings is 1. The fraction of sp³-hybridized carbons (Fsp3) is 0.484. The molecule has 3 heterocycles. The van der Waals surface area contributed by atoms with E-state index in [-0.39, 0.29) is 29.8 Å². The second kappa shape index (κ2) is 12.5. The van der Waals surface area contributed by atoms with Gasteiger partial charge in [-0.25, -0.2) is 4.98 Å². The number of piperidine rings is 1. The zero-order valence-corrected chi connectivity index (χ0v) is 24.0. The predicted octanol–water partition coefficient (Wildman–Crippen LogP) is 2.13. The van der Waals surface area contributed by atoms with Crippen LogP contribution in [0.25, 0.3) is 10.9 Å². The van der Waals surface area contributed by atoms with Crippen LogP contribution in [0.1, 0.15) is 37.7 Å². The van der Waals surface area contributed by atoms with Crippen molar-refractivity contribution in [3.05, 3.63) is 70.8 Å². The molecule has 1 aromatic heterocycles. The van der Waals surface area contributed by atoms with Crippen LogP contribution < -0.4 is 10.9 Å². The van der Waals surface area contributed by atoms with Crippen LogP contribution in [0.5, 0.6) is 0 Å². The van der Waals surface area contributed by atoms with Crippen molar-refractivity contribution in [2.24, 2.45) is 0 Å². The van der Waals surface area contributed by atoms with Crippen molar-refractivity contribution in [3.63, 3.8) is 0 Å². The van der Waals surface area contributed by atoms with Crippen LogP contribution in [0.4, 0.5) is 5.69 Å². The Bertz CT molecular complexity index is 1430. The molecule has 0 aliphatic carbocycles. The van der Waals surface area contributed by atoms with Gasteiger partial charge in [-0.15, -0.1) is 0 Å². The first kappa shape index (κ1) is 28.9. The summed E-state index contributed by atoms with van der Waals surface area (Å²) in [5.41, 5.74) is 0.881. The van der Waals surface area contributed by atoms with Gasteiger partial charge in [-0.1, -0.05) is 37.3 Å². The number of anilines is 1. The molecule has 2 aliphatic heterocycles. The number of likely N-dealkylation sites (N-methyl/N-ethyl adjacent to an activating group) is 1. The minimum Gasteiger partial charge on any atom is -0.388 e. The van der Waals surface area contributed by atoms with E-state index in [0.717, 1.165) is 31.7 Å². The quantitative estimate of drug-likeness (QED) is 0.434. The standard InChI is InChI=1S/C31H40N6O4/c1-23(24-6-4-3-5-7-24)18-29(39)36-12-10-31(41,11-13-36)21-37-22-32-27-19-25(8-9-26(27)30(37)40)33-28(38)20-35-16-14-34(2)15-17-35/h3-9,19,22-23,41H,10-18,20-21H2,1-2H3,(H,33,38)/t23-/m1/s1. The maximum absolute atomic E-state index is 13.2. The maximum atomic E-state index is 13.2. The van der Waals surface area contributed by atoms with Gasteiger partial charge in [0.25, 0.3) is 5.56 Å². The van der Waals surface area contributed by atoms with E-state index in [9.17, 15) is 19.5 Å². The Morgan fingerprint density at radius 2 is 1.73 bits per heavy atom. The van der Waals surface area contributed by atoms with E-state index in [1.807, 2.05) is 35.2 Å². The minimum absolute atomic E-state index is 0.0827. The van der Waals surface area contributed by atoms with Gasteiger partial charge in [-0.3, -0.25) is 23.9 Å². The van der Waals surface area contributed by atoms with Crippen LogP contribution in [0.15, 0.2) is 59.7 Å². The summed E-state index contributed by atoms with van der Waals surface area (Å²) in [6, 6.07) is 15.1. The maximum Gasteiger partial charge on any atom is 0.261 e. The van der Waals surface area contributed by atoms with Crippen molar-refractivity contribution in [1.29, 1.82) is 0 Å². The van der Waals surface area contributed by atoms with Crippen molar-refractivity contribution < 1.29 is 14.7 Å². The molecule has 0 spiro atoms. The van der Waals surface area contributed by atoms with Crippen molar-refractivity contribution in [3.8, 4) is 0 Å². The van der Waals surface area contributed by atoms with Crippen LogP contribution in [0.3, 0.4) is 0 Å². The second-order valence-corrected chi connectivity index (χ2v) is 11.7. The van der Waals surface area contributed by atoms with Gasteiger partial charge in [0, 0.05) is 51.4 Å². The van der Waals surface area contributed by atoms with Crippen molar-refractivity contribution in [2.75, 3.05) is 58.2 Å². The highest BCUT2D eigenvalue weighted by Crippen LogP contribution is 2.26. The Morgan fingerprint density at radius 1 is 1.02 bits per heavy atom. The normalized spacial score (nSPS) is 18.8. The molecular formula is C31H40N6O4. The highest BCUT2D eigenvalue weighted by molar-refractivity contribution is 5.94. The lowest BCUT2D eigenvalue weighted by Crippen LogP contribution is -2.49. The van der Waals surface area contributed by atoms with Gasteiger partial charge in [-0.05, 0) is 49.6 Å². The molecule has 0 unspecified atom stereocenters. The molecule has 2 fully saturated rings. The SMILES string of the molecule is C[C@H](CC(=O)N1CCC(O)(Cn2cnc3cc(NC(=O)CN4CCN(C)CC4)ccc3c2=O)CC1)c1ccccc1. The molecule has 5 rings (SSSR count). The van der Waals surface area contributed by atoms with E-state index in [4.69, 9.17) is 0 Å². The lowest BCUT2D eigenvalue weighted by molar-refractivity contribution is -0.136. The number of rotatable bonds is 8. The summed E-state index contributed by atoms with van der Waals surface area (Å²) in [5, 5.41) is 14.6. The fourth-order valence-electron chi connectivity index (χ4n) is 5.70. The van der Waals surface area contributed by atoms with Crippen LogP contribution in [-0.2, 0) is 16.1 Å². The molecule has 2 amide bonds. The number of hydrogen-bond donors (Lipinski definition) is 2. The number of fused-ring (bicyclic) bond motifs is 1. The van der Waals surface area contributed by atoms with Gasteiger partial charge in [-0.2, -0.15) is 0 Å².